The van der Waals surface area contributed by atoms with Crippen LogP contribution >= 0.6 is 0 Å². The summed E-state index contributed by atoms with van der Waals surface area (Å²) in [5.41, 5.74) is 1.20. The molecule has 1 saturated heterocycles. The predicted molar refractivity (Wildman–Crippen MR) is 76.1 cm³/mol. The van der Waals surface area contributed by atoms with Crippen molar-refractivity contribution in [2.75, 3.05) is 13.1 Å². The zero-order chi connectivity index (χ0) is 14.8. The number of hydrogen-bond acceptors (Lipinski definition) is 3. The topological polar surface area (TPSA) is 74.9 Å². The summed E-state index contributed by atoms with van der Waals surface area (Å²) in [6.45, 7) is 1.30. The third-order valence-corrected chi connectivity index (χ3v) is 3.92. The molecule has 0 spiro atoms. The van der Waals surface area contributed by atoms with Crippen molar-refractivity contribution in [3.05, 3.63) is 36.3 Å². The average molecular weight is 287 g/mol. The molecule has 2 aromatic rings. The maximum Gasteiger partial charge on any atom is 0.303 e. The molecule has 21 heavy (non-hydrogen) atoms. The molecule has 0 aromatic carbocycles. The molecule has 6 heteroatoms. The summed E-state index contributed by atoms with van der Waals surface area (Å²) in [7, 11) is 0. The van der Waals surface area contributed by atoms with Crippen molar-refractivity contribution in [3.63, 3.8) is 0 Å². The zero-order valence-corrected chi connectivity index (χ0v) is 11.6. The third kappa shape index (κ3) is 2.89. The van der Waals surface area contributed by atoms with Crippen LogP contribution in [0.15, 0.2) is 30.6 Å². The normalized spacial score (nSPS) is 18.3. The molecule has 110 valence electrons. The highest BCUT2D eigenvalue weighted by atomic mass is 16.4. The van der Waals surface area contributed by atoms with Crippen molar-refractivity contribution in [1.29, 1.82) is 0 Å². The number of carbonyl (C=O) groups excluding carboxylic acids is 1. The Labute approximate surface area is 122 Å². The van der Waals surface area contributed by atoms with Crippen molar-refractivity contribution < 1.29 is 14.7 Å². The molecule has 0 bridgehead atoms. The largest absolute Gasteiger partial charge is 0.481 e. The summed E-state index contributed by atoms with van der Waals surface area (Å²) in [6, 6.07) is 5.63. The van der Waals surface area contributed by atoms with Gasteiger partial charge in [0.1, 0.15) is 11.3 Å². The molecule has 1 unspecified atom stereocenters. The number of amides is 1. The van der Waals surface area contributed by atoms with Gasteiger partial charge in [-0.25, -0.2) is 4.98 Å². The van der Waals surface area contributed by atoms with Crippen LogP contribution in [0.3, 0.4) is 0 Å². The van der Waals surface area contributed by atoms with Crippen molar-refractivity contribution in [1.82, 2.24) is 14.3 Å². The highest BCUT2D eigenvalue weighted by molar-refractivity contribution is 5.93. The summed E-state index contributed by atoms with van der Waals surface area (Å²) in [5.74, 6) is -0.571. The number of aromatic nitrogens is 2. The molecule has 6 nitrogen and oxygen atoms in total. The highest BCUT2D eigenvalue weighted by Crippen LogP contribution is 2.22. The van der Waals surface area contributed by atoms with Crippen LogP contribution in [0.2, 0.25) is 0 Å². The third-order valence-electron chi connectivity index (χ3n) is 3.92. The van der Waals surface area contributed by atoms with E-state index in [4.69, 9.17) is 5.11 Å². The van der Waals surface area contributed by atoms with Gasteiger partial charge >= 0.3 is 5.97 Å². The number of imidazole rings is 1. The lowest BCUT2D eigenvalue weighted by atomic mass is 10.0. The fourth-order valence-corrected chi connectivity index (χ4v) is 2.78. The predicted octanol–water partition coefficient (Wildman–Crippen LogP) is 1.66. The molecule has 3 rings (SSSR count). The van der Waals surface area contributed by atoms with Gasteiger partial charge in [0.15, 0.2) is 0 Å². The van der Waals surface area contributed by atoms with Crippen molar-refractivity contribution >= 4 is 17.5 Å². The van der Waals surface area contributed by atoms with Gasteiger partial charge in [-0.2, -0.15) is 0 Å². The van der Waals surface area contributed by atoms with E-state index < -0.39 is 5.97 Å². The maximum absolute atomic E-state index is 12.4. The van der Waals surface area contributed by atoms with E-state index in [1.54, 1.807) is 11.1 Å². The molecule has 1 amide bonds. The summed E-state index contributed by atoms with van der Waals surface area (Å²) in [4.78, 5) is 29.1. The second kappa shape index (κ2) is 5.55. The lowest BCUT2D eigenvalue weighted by Gasteiger charge is -2.14. The molecular weight excluding hydrogens is 270 g/mol. The molecule has 1 N–H and O–H groups in total. The van der Waals surface area contributed by atoms with Crippen molar-refractivity contribution in [2.45, 2.75) is 19.3 Å². The summed E-state index contributed by atoms with van der Waals surface area (Å²) < 4.78 is 1.82. The van der Waals surface area contributed by atoms with E-state index in [-0.39, 0.29) is 18.2 Å². The van der Waals surface area contributed by atoms with Crippen LogP contribution in [-0.2, 0) is 4.79 Å². The number of rotatable bonds is 4. The fourth-order valence-electron chi connectivity index (χ4n) is 2.78. The minimum absolute atomic E-state index is 0.0727. The van der Waals surface area contributed by atoms with Crippen molar-refractivity contribution in [2.24, 2.45) is 5.92 Å². The van der Waals surface area contributed by atoms with E-state index >= 15 is 0 Å². The van der Waals surface area contributed by atoms with E-state index in [0.29, 0.717) is 25.2 Å². The molecule has 0 aliphatic carbocycles. The lowest BCUT2D eigenvalue weighted by Crippen LogP contribution is -2.29. The lowest BCUT2D eigenvalue weighted by molar-refractivity contribution is -0.137. The number of carbonyl (C=O) groups is 2. The van der Waals surface area contributed by atoms with E-state index in [1.165, 1.54) is 0 Å². The van der Waals surface area contributed by atoms with Gasteiger partial charge in [-0.3, -0.25) is 9.59 Å². The first-order valence-electron chi connectivity index (χ1n) is 7.08. The number of pyridine rings is 1. The Hall–Kier alpha value is -2.37. The Morgan fingerprint density at radius 1 is 1.38 bits per heavy atom. The zero-order valence-electron chi connectivity index (χ0n) is 11.6. The molecule has 1 aliphatic heterocycles. The highest BCUT2D eigenvalue weighted by Gasteiger charge is 2.28. The van der Waals surface area contributed by atoms with E-state index in [2.05, 4.69) is 4.98 Å². The molecular formula is C15H17N3O3. The first-order valence-corrected chi connectivity index (χ1v) is 7.08. The van der Waals surface area contributed by atoms with Crippen LogP contribution in [0.1, 0.15) is 29.8 Å². The van der Waals surface area contributed by atoms with Gasteiger partial charge < -0.3 is 14.4 Å². The summed E-state index contributed by atoms with van der Waals surface area (Å²) in [6.07, 6.45) is 5.26. The molecule has 3 heterocycles. The van der Waals surface area contributed by atoms with Crippen LogP contribution in [0, 0.1) is 5.92 Å². The minimum atomic E-state index is -0.778. The van der Waals surface area contributed by atoms with Crippen LogP contribution in [0.4, 0.5) is 0 Å². The molecule has 0 radical (unpaired) electrons. The van der Waals surface area contributed by atoms with Gasteiger partial charge in [-0.15, -0.1) is 0 Å². The first kappa shape index (κ1) is 13.6. The van der Waals surface area contributed by atoms with Crippen LogP contribution in [-0.4, -0.2) is 44.4 Å². The fraction of sp³-hybridized carbons (Fsp3) is 0.400. The van der Waals surface area contributed by atoms with E-state index in [1.807, 2.05) is 28.8 Å². The Morgan fingerprint density at radius 2 is 2.24 bits per heavy atom. The summed E-state index contributed by atoms with van der Waals surface area (Å²) >= 11 is 0. The number of carboxylic acid groups (broad SMARTS) is 1. The molecule has 1 aliphatic rings. The standard InChI is InChI=1S/C15H17N3O3/c19-14(20)5-4-11-6-8-18(9-11)15(21)12-10-17-7-2-1-3-13(17)16-12/h1-3,7,10-11H,4-6,8-9H2,(H,19,20). The van der Waals surface area contributed by atoms with Crippen molar-refractivity contribution in [3.8, 4) is 0 Å². The minimum Gasteiger partial charge on any atom is -0.481 e. The smallest absolute Gasteiger partial charge is 0.303 e. The van der Waals surface area contributed by atoms with Gasteiger partial charge in [0.25, 0.3) is 5.91 Å². The second-order valence-electron chi connectivity index (χ2n) is 5.43. The molecule has 1 atom stereocenters. The van der Waals surface area contributed by atoms with Crippen LogP contribution in [0.5, 0.6) is 0 Å². The summed E-state index contributed by atoms with van der Waals surface area (Å²) in [5, 5.41) is 8.71. The van der Waals surface area contributed by atoms with Gasteiger partial charge in [0.2, 0.25) is 0 Å². The van der Waals surface area contributed by atoms with E-state index in [0.717, 1.165) is 12.1 Å². The Kier molecular flexibility index (Phi) is 3.60. The maximum atomic E-state index is 12.4. The van der Waals surface area contributed by atoms with E-state index in [9.17, 15) is 9.59 Å². The Morgan fingerprint density at radius 3 is 3.00 bits per heavy atom. The van der Waals surface area contributed by atoms with Gasteiger partial charge in [-0.05, 0) is 30.9 Å². The first-order chi connectivity index (χ1) is 10.1. The number of hydrogen-bond donors (Lipinski definition) is 1. The second-order valence-corrected chi connectivity index (χ2v) is 5.43. The van der Waals surface area contributed by atoms with Crippen LogP contribution < -0.4 is 0 Å². The number of fused-ring (bicyclic) bond motifs is 1. The average Bonchev–Trinajstić information content (AvgIpc) is 3.11. The van der Waals surface area contributed by atoms with Gasteiger partial charge in [0.05, 0.1) is 0 Å². The SMILES string of the molecule is O=C(O)CCC1CCN(C(=O)c2cn3ccccc3n2)C1. The number of likely N-dealkylation sites (tertiary alicyclic amines) is 1. The molecule has 2 aromatic heterocycles. The number of nitrogens with zero attached hydrogens (tertiary/aromatic N) is 3. The molecule has 1 fully saturated rings. The van der Waals surface area contributed by atoms with Gasteiger partial charge in [0, 0.05) is 31.9 Å². The number of carboxylic acids is 1. The van der Waals surface area contributed by atoms with Crippen LogP contribution in [0.25, 0.3) is 5.65 Å². The number of aliphatic carboxylic acids is 1. The molecule has 0 saturated carbocycles. The quantitative estimate of drug-likeness (QED) is 0.928. The monoisotopic (exact) mass is 287 g/mol. The Bertz CT molecular complexity index is 647. The van der Waals surface area contributed by atoms with Gasteiger partial charge in [-0.1, -0.05) is 6.07 Å². The Balaban J connectivity index is 1.67.